The molecular weight excluding hydrogens is 344 g/mol. The molecule has 0 fully saturated rings. The van der Waals surface area contributed by atoms with E-state index in [0.717, 1.165) is 5.56 Å². The van der Waals surface area contributed by atoms with Gasteiger partial charge in [0.25, 0.3) is 0 Å². The lowest BCUT2D eigenvalue weighted by atomic mass is 10.2. The number of urea groups is 1. The number of anilines is 1. The van der Waals surface area contributed by atoms with Gasteiger partial charge in [-0.05, 0) is 30.3 Å². The number of pyridine rings is 2. The third-order valence-electron chi connectivity index (χ3n) is 3.78. The first-order valence-electron chi connectivity index (χ1n) is 8.25. The number of hydrogen-bond acceptors (Lipinski definition) is 5. The van der Waals surface area contributed by atoms with Crippen LogP contribution in [0.15, 0.2) is 73.6 Å². The van der Waals surface area contributed by atoms with E-state index in [1.165, 1.54) is 0 Å². The van der Waals surface area contributed by atoms with Crippen molar-refractivity contribution < 1.29 is 4.79 Å². The minimum atomic E-state index is -0.355. The Hall–Kier alpha value is -4.01. The van der Waals surface area contributed by atoms with Gasteiger partial charge in [-0.2, -0.15) is 10.2 Å². The van der Waals surface area contributed by atoms with E-state index >= 15 is 0 Å². The molecule has 2 amide bonds. The van der Waals surface area contributed by atoms with Crippen LogP contribution in [0.2, 0.25) is 0 Å². The standard InChI is InChI=1S/C18H16N8O/c27-18(24-15-6-2-8-20-17(15)26-12-4-10-23-26)21-13-14-5-1-7-19-16(14)25-11-3-9-22-25/h1-12H,13H2,(H2,21,24,27). The summed E-state index contributed by atoms with van der Waals surface area (Å²) in [6.45, 7) is 0.298. The minimum absolute atomic E-state index is 0.298. The van der Waals surface area contributed by atoms with Gasteiger partial charge in [-0.25, -0.2) is 24.1 Å². The molecule has 4 rings (SSSR count). The Labute approximate surface area is 154 Å². The highest BCUT2D eigenvalue weighted by molar-refractivity contribution is 5.90. The molecule has 4 aromatic rings. The van der Waals surface area contributed by atoms with Gasteiger partial charge in [0.2, 0.25) is 0 Å². The van der Waals surface area contributed by atoms with Crippen LogP contribution in [0, 0.1) is 0 Å². The van der Waals surface area contributed by atoms with Crippen molar-refractivity contribution >= 4 is 11.7 Å². The second-order valence-corrected chi connectivity index (χ2v) is 5.57. The second-order valence-electron chi connectivity index (χ2n) is 5.57. The van der Waals surface area contributed by atoms with Crippen molar-refractivity contribution in [3.63, 3.8) is 0 Å². The summed E-state index contributed by atoms with van der Waals surface area (Å²) in [5.74, 6) is 1.21. The molecule has 0 radical (unpaired) electrons. The number of hydrogen-bond donors (Lipinski definition) is 2. The summed E-state index contributed by atoms with van der Waals surface area (Å²) in [5.41, 5.74) is 1.40. The second kappa shape index (κ2) is 7.48. The number of carbonyl (C=O) groups excluding carboxylic acids is 1. The van der Waals surface area contributed by atoms with Crippen molar-refractivity contribution in [1.82, 2.24) is 34.8 Å². The van der Waals surface area contributed by atoms with Crippen LogP contribution in [0.1, 0.15) is 5.56 Å². The molecule has 9 heteroatoms. The Kier molecular flexibility index (Phi) is 4.56. The van der Waals surface area contributed by atoms with E-state index in [1.807, 2.05) is 18.2 Å². The minimum Gasteiger partial charge on any atom is -0.334 e. The van der Waals surface area contributed by atoms with Gasteiger partial charge in [0.05, 0.1) is 5.69 Å². The highest BCUT2D eigenvalue weighted by Crippen LogP contribution is 2.16. The number of nitrogens with one attached hydrogen (secondary N) is 2. The molecule has 9 nitrogen and oxygen atoms in total. The molecule has 0 atom stereocenters. The zero-order chi connectivity index (χ0) is 18.5. The monoisotopic (exact) mass is 360 g/mol. The first kappa shape index (κ1) is 16.5. The number of rotatable bonds is 5. The van der Waals surface area contributed by atoms with Crippen molar-refractivity contribution in [2.75, 3.05) is 5.32 Å². The van der Waals surface area contributed by atoms with E-state index in [1.54, 1.807) is 64.7 Å². The fourth-order valence-corrected chi connectivity index (χ4v) is 2.58. The van der Waals surface area contributed by atoms with Gasteiger partial charge in [0.15, 0.2) is 11.6 Å². The number of aromatic nitrogens is 6. The highest BCUT2D eigenvalue weighted by Gasteiger charge is 2.11. The molecule has 0 bridgehead atoms. The quantitative estimate of drug-likeness (QED) is 0.568. The number of carbonyl (C=O) groups is 1. The molecule has 0 saturated heterocycles. The Balaban J connectivity index is 1.47. The normalized spacial score (nSPS) is 10.5. The lowest BCUT2D eigenvalue weighted by molar-refractivity contribution is 0.251. The van der Waals surface area contributed by atoms with Gasteiger partial charge >= 0.3 is 6.03 Å². The van der Waals surface area contributed by atoms with Gasteiger partial charge in [-0.1, -0.05) is 6.07 Å². The summed E-state index contributed by atoms with van der Waals surface area (Å²) < 4.78 is 3.25. The zero-order valence-electron chi connectivity index (χ0n) is 14.2. The summed E-state index contributed by atoms with van der Waals surface area (Å²) in [6.07, 6.45) is 10.2. The fourth-order valence-electron chi connectivity index (χ4n) is 2.58. The van der Waals surface area contributed by atoms with Gasteiger partial charge < -0.3 is 10.6 Å². The lowest BCUT2D eigenvalue weighted by Gasteiger charge is -2.12. The Morgan fingerprint density at radius 3 is 2.22 bits per heavy atom. The first-order valence-corrected chi connectivity index (χ1v) is 8.25. The van der Waals surface area contributed by atoms with E-state index in [2.05, 4.69) is 30.8 Å². The lowest BCUT2D eigenvalue weighted by Crippen LogP contribution is -2.29. The maximum absolute atomic E-state index is 12.4. The summed E-state index contributed by atoms with van der Waals surface area (Å²) in [6, 6.07) is 10.5. The molecule has 0 aliphatic heterocycles. The summed E-state index contributed by atoms with van der Waals surface area (Å²) >= 11 is 0. The predicted octanol–water partition coefficient (Wildman–Crippen LogP) is 2.17. The van der Waals surface area contributed by atoms with Crippen molar-refractivity contribution in [3.05, 3.63) is 79.1 Å². The largest absolute Gasteiger partial charge is 0.334 e. The average Bonchev–Trinajstić information content (AvgIpc) is 3.41. The van der Waals surface area contributed by atoms with Crippen molar-refractivity contribution in [2.24, 2.45) is 0 Å². The van der Waals surface area contributed by atoms with Crippen LogP contribution in [0.5, 0.6) is 0 Å². The fraction of sp³-hybridized carbons (Fsp3) is 0.0556. The molecular formula is C18H16N8O. The van der Waals surface area contributed by atoms with Gasteiger partial charge in [-0.15, -0.1) is 0 Å². The van der Waals surface area contributed by atoms with Crippen LogP contribution in [0.3, 0.4) is 0 Å². The molecule has 4 heterocycles. The van der Waals surface area contributed by atoms with E-state index in [0.29, 0.717) is 23.9 Å². The Bertz CT molecular complexity index is 1030. The Morgan fingerprint density at radius 1 is 0.852 bits per heavy atom. The summed E-state index contributed by atoms with van der Waals surface area (Å²) in [5, 5.41) is 14.0. The number of amides is 2. The van der Waals surface area contributed by atoms with Crippen LogP contribution >= 0.6 is 0 Å². The van der Waals surface area contributed by atoms with Crippen molar-refractivity contribution in [1.29, 1.82) is 0 Å². The van der Waals surface area contributed by atoms with E-state index in [9.17, 15) is 4.79 Å². The maximum atomic E-state index is 12.4. The molecule has 0 unspecified atom stereocenters. The van der Waals surface area contributed by atoms with Gasteiger partial charge in [-0.3, -0.25) is 0 Å². The SMILES string of the molecule is O=C(NCc1cccnc1-n1cccn1)Nc1cccnc1-n1cccn1. The third kappa shape index (κ3) is 3.66. The maximum Gasteiger partial charge on any atom is 0.319 e. The predicted molar refractivity (Wildman–Crippen MR) is 98.6 cm³/mol. The van der Waals surface area contributed by atoms with Gasteiger partial charge in [0.1, 0.15) is 0 Å². The Morgan fingerprint density at radius 2 is 1.52 bits per heavy atom. The summed E-state index contributed by atoms with van der Waals surface area (Å²) in [7, 11) is 0. The van der Waals surface area contributed by atoms with Crippen LogP contribution in [-0.2, 0) is 6.54 Å². The molecule has 27 heavy (non-hydrogen) atoms. The molecule has 134 valence electrons. The van der Waals surface area contributed by atoms with Crippen LogP contribution in [0.4, 0.5) is 10.5 Å². The highest BCUT2D eigenvalue weighted by atomic mass is 16.2. The first-order chi connectivity index (χ1) is 13.3. The van der Waals surface area contributed by atoms with Crippen molar-refractivity contribution in [3.8, 4) is 11.6 Å². The molecule has 0 aromatic carbocycles. The van der Waals surface area contributed by atoms with Crippen molar-refractivity contribution in [2.45, 2.75) is 6.54 Å². The van der Waals surface area contributed by atoms with Crippen LogP contribution < -0.4 is 10.6 Å². The zero-order valence-corrected chi connectivity index (χ0v) is 14.2. The molecule has 0 aliphatic carbocycles. The topological polar surface area (TPSA) is 103 Å². The molecule has 0 spiro atoms. The van der Waals surface area contributed by atoms with Gasteiger partial charge in [0, 0.05) is 49.3 Å². The molecule has 0 saturated carbocycles. The van der Waals surface area contributed by atoms with E-state index in [4.69, 9.17) is 0 Å². The molecule has 4 aromatic heterocycles. The third-order valence-corrected chi connectivity index (χ3v) is 3.78. The molecule has 2 N–H and O–H groups in total. The van der Waals surface area contributed by atoms with Crippen LogP contribution in [0.25, 0.3) is 11.6 Å². The average molecular weight is 360 g/mol. The molecule has 0 aliphatic rings. The number of nitrogens with zero attached hydrogens (tertiary/aromatic N) is 6. The smallest absolute Gasteiger partial charge is 0.319 e. The van der Waals surface area contributed by atoms with E-state index in [-0.39, 0.29) is 6.03 Å². The van der Waals surface area contributed by atoms with E-state index < -0.39 is 0 Å². The van der Waals surface area contributed by atoms with Crippen LogP contribution in [-0.4, -0.2) is 35.6 Å². The summed E-state index contributed by atoms with van der Waals surface area (Å²) in [4.78, 5) is 21.0.